The monoisotopic (exact) mass is 257 g/mol. The largest absolute Gasteiger partial charge is 0.481 e. The fourth-order valence-corrected chi connectivity index (χ4v) is 2.07. The SMILES string of the molecule is CCC1(C)CN(C(=O)CCCCC(=O)O)CCO1. The lowest BCUT2D eigenvalue weighted by molar-refractivity contribution is -0.148. The molecular formula is C13H23NO4. The van der Waals surface area contributed by atoms with Crippen LogP contribution in [0.25, 0.3) is 0 Å². The molecule has 104 valence electrons. The molecule has 0 aromatic rings. The predicted octanol–water partition coefficient (Wildman–Crippen LogP) is 1.66. The molecule has 0 aromatic carbocycles. The van der Waals surface area contributed by atoms with Crippen LogP contribution in [0.3, 0.4) is 0 Å². The molecule has 18 heavy (non-hydrogen) atoms. The number of aliphatic carboxylic acids is 1. The Hall–Kier alpha value is -1.10. The molecule has 1 atom stereocenters. The van der Waals surface area contributed by atoms with Gasteiger partial charge >= 0.3 is 5.97 Å². The van der Waals surface area contributed by atoms with Gasteiger partial charge in [0.25, 0.3) is 0 Å². The second-order valence-corrected chi connectivity index (χ2v) is 5.07. The number of nitrogens with zero attached hydrogens (tertiary/aromatic N) is 1. The summed E-state index contributed by atoms with van der Waals surface area (Å²) in [7, 11) is 0. The minimum atomic E-state index is -0.799. The fourth-order valence-electron chi connectivity index (χ4n) is 2.07. The third-order valence-electron chi connectivity index (χ3n) is 3.47. The van der Waals surface area contributed by atoms with Gasteiger partial charge in [-0.2, -0.15) is 0 Å². The number of rotatable bonds is 6. The Morgan fingerprint density at radius 1 is 1.33 bits per heavy atom. The highest BCUT2D eigenvalue weighted by Crippen LogP contribution is 2.21. The molecule has 1 aliphatic rings. The van der Waals surface area contributed by atoms with E-state index in [9.17, 15) is 9.59 Å². The molecule has 5 nitrogen and oxygen atoms in total. The van der Waals surface area contributed by atoms with Gasteiger partial charge < -0.3 is 14.7 Å². The van der Waals surface area contributed by atoms with Crippen molar-refractivity contribution in [3.8, 4) is 0 Å². The van der Waals surface area contributed by atoms with Crippen molar-refractivity contribution in [2.45, 2.75) is 51.6 Å². The van der Waals surface area contributed by atoms with Crippen LogP contribution in [0.2, 0.25) is 0 Å². The van der Waals surface area contributed by atoms with Crippen molar-refractivity contribution in [1.29, 1.82) is 0 Å². The van der Waals surface area contributed by atoms with E-state index in [0.29, 0.717) is 39.0 Å². The van der Waals surface area contributed by atoms with Gasteiger partial charge in [-0.1, -0.05) is 6.92 Å². The summed E-state index contributed by atoms with van der Waals surface area (Å²) in [5.41, 5.74) is -0.227. The van der Waals surface area contributed by atoms with E-state index in [0.717, 1.165) is 6.42 Å². The van der Waals surface area contributed by atoms with Crippen molar-refractivity contribution < 1.29 is 19.4 Å². The van der Waals surface area contributed by atoms with Gasteiger partial charge in [0.2, 0.25) is 5.91 Å². The topological polar surface area (TPSA) is 66.8 Å². The molecule has 5 heteroatoms. The van der Waals surface area contributed by atoms with E-state index < -0.39 is 5.97 Å². The molecule has 0 bridgehead atoms. The van der Waals surface area contributed by atoms with Gasteiger partial charge in [0.05, 0.1) is 12.2 Å². The Morgan fingerprint density at radius 3 is 2.61 bits per heavy atom. The lowest BCUT2D eigenvalue weighted by Gasteiger charge is -2.40. The number of carboxylic acid groups (broad SMARTS) is 1. The summed E-state index contributed by atoms with van der Waals surface area (Å²) in [4.78, 5) is 24.2. The minimum absolute atomic E-state index is 0.114. The Labute approximate surface area is 108 Å². The number of carbonyl (C=O) groups is 2. The van der Waals surface area contributed by atoms with Gasteiger partial charge in [0.15, 0.2) is 0 Å². The summed E-state index contributed by atoms with van der Waals surface area (Å²) >= 11 is 0. The standard InChI is InChI=1S/C13H23NO4/c1-3-13(2)10-14(8-9-18-13)11(15)6-4-5-7-12(16)17/h3-10H2,1-2H3,(H,16,17). The maximum absolute atomic E-state index is 12.0. The van der Waals surface area contributed by atoms with Gasteiger partial charge in [-0.05, 0) is 26.2 Å². The lowest BCUT2D eigenvalue weighted by Crippen LogP contribution is -2.51. The number of ether oxygens (including phenoxy) is 1. The van der Waals surface area contributed by atoms with Crippen LogP contribution in [-0.4, -0.2) is 47.2 Å². The summed E-state index contributed by atoms with van der Waals surface area (Å²) in [6, 6.07) is 0. The molecule has 1 heterocycles. The smallest absolute Gasteiger partial charge is 0.303 e. The first-order valence-electron chi connectivity index (χ1n) is 6.60. The predicted molar refractivity (Wildman–Crippen MR) is 67.3 cm³/mol. The molecule has 1 unspecified atom stereocenters. The number of carboxylic acids is 1. The van der Waals surface area contributed by atoms with E-state index >= 15 is 0 Å². The van der Waals surface area contributed by atoms with E-state index in [1.807, 2.05) is 11.8 Å². The molecular weight excluding hydrogens is 234 g/mol. The van der Waals surface area contributed by atoms with E-state index in [-0.39, 0.29) is 17.9 Å². The zero-order valence-electron chi connectivity index (χ0n) is 11.3. The first-order valence-corrected chi connectivity index (χ1v) is 6.60. The summed E-state index contributed by atoms with van der Waals surface area (Å²) in [6.07, 6.45) is 2.67. The number of amides is 1. The summed E-state index contributed by atoms with van der Waals surface area (Å²) in [6.45, 7) is 5.96. The number of morpholine rings is 1. The number of hydrogen-bond donors (Lipinski definition) is 1. The molecule has 0 radical (unpaired) electrons. The quantitative estimate of drug-likeness (QED) is 0.735. The van der Waals surface area contributed by atoms with E-state index in [2.05, 4.69) is 6.92 Å². The van der Waals surface area contributed by atoms with Gasteiger partial charge in [0, 0.05) is 25.9 Å². The van der Waals surface area contributed by atoms with Crippen LogP contribution < -0.4 is 0 Å². The minimum Gasteiger partial charge on any atom is -0.481 e. The van der Waals surface area contributed by atoms with Gasteiger partial charge in [0.1, 0.15) is 0 Å². The van der Waals surface area contributed by atoms with Crippen molar-refractivity contribution in [2.24, 2.45) is 0 Å². The highest BCUT2D eigenvalue weighted by Gasteiger charge is 2.32. The van der Waals surface area contributed by atoms with Crippen LogP contribution in [0.4, 0.5) is 0 Å². The number of carbonyl (C=O) groups excluding carboxylic acids is 1. The molecule has 1 N–H and O–H groups in total. The van der Waals surface area contributed by atoms with Crippen LogP contribution in [-0.2, 0) is 14.3 Å². The third kappa shape index (κ3) is 4.64. The highest BCUT2D eigenvalue weighted by atomic mass is 16.5. The van der Waals surface area contributed by atoms with Crippen LogP contribution in [0.5, 0.6) is 0 Å². The first-order chi connectivity index (χ1) is 8.47. The molecule has 1 rings (SSSR count). The maximum Gasteiger partial charge on any atom is 0.303 e. The van der Waals surface area contributed by atoms with Crippen molar-refractivity contribution in [3.63, 3.8) is 0 Å². The Kier molecular flexibility index (Phi) is 5.59. The third-order valence-corrected chi connectivity index (χ3v) is 3.47. The molecule has 1 amide bonds. The average Bonchev–Trinajstić information content (AvgIpc) is 2.34. The fraction of sp³-hybridized carbons (Fsp3) is 0.846. The molecule has 0 saturated carbocycles. The molecule has 1 fully saturated rings. The highest BCUT2D eigenvalue weighted by molar-refractivity contribution is 5.76. The Balaban J connectivity index is 2.31. The van der Waals surface area contributed by atoms with Crippen molar-refractivity contribution in [3.05, 3.63) is 0 Å². The zero-order chi connectivity index (χ0) is 13.6. The van der Waals surface area contributed by atoms with Gasteiger partial charge in [-0.3, -0.25) is 9.59 Å². The first kappa shape index (κ1) is 15.0. The average molecular weight is 257 g/mol. The second-order valence-electron chi connectivity index (χ2n) is 5.07. The maximum atomic E-state index is 12.0. The summed E-state index contributed by atoms with van der Waals surface area (Å²) < 4.78 is 5.68. The molecule has 1 saturated heterocycles. The van der Waals surface area contributed by atoms with E-state index in [4.69, 9.17) is 9.84 Å². The van der Waals surface area contributed by atoms with Gasteiger partial charge in [-0.15, -0.1) is 0 Å². The molecule has 0 aliphatic carbocycles. The molecule has 1 aliphatic heterocycles. The Bertz CT molecular complexity index is 305. The zero-order valence-corrected chi connectivity index (χ0v) is 11.3. The van der Waals surface area contributed by atoms with E-state index in [1.54, 1.807) is 0 Å². The summed E-state index contributed by atoms with van der Waals surface area (Å²) in [5.74, 6) is -0.684. The molecule has 0 aromatic heterocycles. The lowest BCUT2D eigenvalue weighted by atomic mass is 10.0. The molecule has 0 spiro atoms. The normalized spacial score (nSPS) is 24.0. The van der Waals surface area contributed by atoms with Crippen LogP contribution in [0.1, 0.15) is 46.0 Å². The number of unbranched alkanes of at least 4 members (excludes halogenated alkanes) is 1. The van der Waals surface area contributed by atoms with Crippen molar-refractivity contribution in [2.75, 3.05) is 19.7 Å². The van der Waals surface area contributed by atoms with Crippen LogP contribution in [0, 0.1) is 0 Å². The van der Waals surface area contributed by atoms with Crippen molar-refractivity contribution >= 4 is 11.9 Å². The van der Waals surface area contributed by atoms with Crippen molar-refractivity contribution in [1.82, 2.24) is 4.90 Å². The summed E-state index contributed by atoms with van der Waals surface area (Å²) in [5, 5.41) is 8.52. The second kappa shape index (κ2) is 6.73. The van der Waals surface area contributed by atoms with Crippen LogP contribution in [0.15, 0.2) is 0 Å². The number of hydrogen-bond acceptors (Lipinski definition) is 3. The van der Waals surface area contributed by atoms with Gasteiger partial charge in [-0.25, -0.2) is 0 Å². The van der Waals surface area contributed by atoms with Crippen LogP contribution >= 0.6 is 0 Å². The Morgan fingerprint density at radius 2 is 2.00 bits per heavy atom. The van der Waals surface area contributed by atoms with E-state index in [1.165, 1.54) is 0 Å².